The predicted molar refractivity (Wildman–Crippen MR) is 87.3 cm³/mol. The summed E-state index contributed by atoms with van der Waals surface area (Å²) in [5.41, 5.74) is 0.524. The van der Waals surface area contributed by atoms with Crippen molar-refractivity contribution < 1.29 is 18.6 Å². The van der Waals surface area contributed by atoms with Gasteiger partial charge in [-0.3, -0.25) is 13.9 Å². The van der Waals surface area contributed by atoms with Crippen molar-refractivity contribution in [1.29, 1.82) is 0 Å². The zero-order valence-corrected chi connectivity index (χ0v) is 14.6. The summed E-state index contributed by atoms with van der Waals surface area (Å²) in [6, 6.07) is 0. The number of hydrogen-bond donors (Lipinski definition) is 1. The normalized spacial score (nSPS) is 23.6. The molecule has 132 valence electrons. The van der Waals surface area contributed by atoms with Gasteiger partial charge in [-0.2, -0.15) is 0 Å². The lowest BCUT2D eigenvalue weighted by molar-refractivity contribution is -0.0338. The molecule has 0 saturated carbocycles. The predicted octanol–water partition coefficient (Wildman–Crippen LogP) is 1.72. The lowest BCUT2D eigenvalue weighted by atomic mass is 10.2. The highest BCUT2D eigenvalue weighted by Crippen LogP contribution is 2.42. The molecule has 1 aliphatic heterocycles. The number of aromatic nitrogens is 4. The minimum atomic E-state index is -2.69. The van der Waals surface area contributed by atoms with Crippen molar-refractivity contribution in [2.45, 2.75) is 32.1 Å². The van der Waals surface area contributed by atoms with Gasteiger partial charge in [0.15, 0.2) is 11.2 Å². The number of imidazole rings is 1. The number of fused-ring (bicyclic) bond motifs is 1. The topological polar surface area (TPSA) is 108 Å². The van der Waals surface area contributed by atoms with Crippen LogP contribution in [0.5, 0.6) is 0 Å². The molecule has 0 bridgehead atoms. The monoisotopic (exact) mass is 356 g/mol. The van der Waals surface area contributed by atoms with Gasteiger partial charge in [0.1, 0.15) is 12.6 Å². The lowest BCUT2D eigenvalue weighted by Crippen LogP contribution is -2.17. The van der Waals surface area contributed by atoms with E-state index >= 15 is 0 Å². The van der Waals surface area contributed by atoms with Gasteiger partial charge in [-0.15, -0.1) is 0 Å². The molecule has 24 heavy (non-hydrogen) atoms. The molecule has 3 rings (SSSR count). The maximum atomic E-state index is 12.0. The van der Waals surface area contributed by atoms with E-state index in [1.807, 2.05) is 0 Å². The van der Waals surface area contributed by atoms with Gasteiger partial charge in [0.05, 0.1) is 32.0 Å². The minimum absolute atomic E-state index is 0.0797. The van der Waals surface area contributed by atoms with Crippen LogP contribution in [-0.4, -0.2) is 51.8 Å². The van der Waals surface area contributed by atoms with Gasteiger partial charge in [-0.1, -0.05) is 0 Å². The van der Waals surface area contributed by atoms with E-state index in [1.165, 1.54) is 6.33 Å². The molecule has 2 aromatic rings. The third-order valence-electron chi connectivity index (χ3n) is 3.79. The van der Waals surface area contributed by atoms with Crippen LogP contribution in [0.3, 0.4) is 0 Å². The Bertz CT molecular complexity index is 804. The Hall–Kier alpha value is -1.54. The van der Waals surface area contributed by atoms with Crippen molar-refractivity contribution in [3.63, 3.8) is 0 Å². The molecule has 10 heteroatoms. The van der Waals surface area contributed by atoms with E-state index in [9.17, 15) is 9.36 Å². The number of H-pyrrole nitrogens is 1. The highest BCUT2D eigenvalue weighted by atomic mass is 31.2. The largest absolute Gasteiger partial charge is 0.369 e. The van der Waals surface area contributed by atoms with Crippen molar-refractivity contribution in [2.24, 2.45) is 0 Å². The van der Waals surface area contributed by atoms with Crippen LogP contribution in [-0.2, 0) is 18.6 Å². The fourth-order valence-corrected chi connectivity index (χ4v) is 3.81. The number of ether oxygens (including phenoxy) is 2. The number of aromatic amines is 1. The van der Waals surface area contributed by atoms with Crippen molar-refractivity contribution in [1.82, 2.24) is 19.5 Å². The molecule has 9 nitrogen and oxygen atoms in total. The van der Waals surface area contributed by atoms with E-state index in [1.54, 1.807) is 24.5 Å². The molecule has 0 radical (unpaired) electrons. The summed E-state index contributed by atoms with van der Waals surface area (Å²) in [6.07, 6.45) is 4.23. The Labute approximate surface area is 138 Å². The highest BCUT2D eigenvalue weighted by Gasteiger charge is 2.29. The Morgan fingerprint density at radius 3 is 3.08 bits per heavy atom. The molecule has 3 heterocycles. The van der Waals surface area contributed by atoms with Crippen LogP contribution in [0.2, 0.25) is 0 Å². The maximum absolute atomic E-state index is 12.0. The molecule has 0 aliphatic carbocycles. The summed E-state index contributed by atoms with van der Waals surface area (Å²) in [5.74, 6) is 0. The Morgan fingerprint density at radius 1 is 1.46 bits per heavy atom. The van der Waals surface area contributed by atoms with Crippen molar-refractivity contribution in [2.75, 3.05) is 26.2 Å². The van der Waals surface area contributed by atoms with Gasteiger partial charge >= 0.3 is 0 Å². The summed E-state index contributed by atoms with van der Waals surface area (Å²) in [5, 5.41) is 0. The summed E-state index contributed by atoms with van der Waals surface area (Å²) in [6.45, 7) is 4.12. The van der Waals surface area contributed by atoms with Crippen LogP contribution >= 0.6 is 7.37 Å². The molecular weight excluding hydrogens is 335 g/mol. The zero-order valence-electron chi connectivity index (χ0n) is 13.7. The van der Waals surface area contributed by atoms with Crippen molar-refractivity contribution >= 4 is 18.5 Å². The SMILES string of the molecule is CCOP(C)(=O)COCC1CCC(n2cnc3c(=O)[nH]cnc32)O1. The first kappa shape index (κ1) is 17.3. The van der Waals surface area contributed by atoms with Gasteiger partial charge in [0, 0.05) is 6.66 Å². The van der Waals surface area contributed by atoms with Crippen molar-refractivity contribution in [3.8, 4) is 0 Å². The maximum Gasteiger partial charge on any atom is 0.278 e. The standard InChI is InChI=1S/C14H21N4O5P/c1-3-22-24(2,20)9-21-6-10-4-5-11(23-10)18-8-17-12-13(18)15-7-16-14(12)19/h7-8,10-11H,3-6,9H2,1-2H3,(H,15,16,19). The molecule has 0 spiro atoms. The average Bonchev–Trinajstić information content (AvgIpc) is 3.14. The highest BCUT2D eigenvalue weighted by molar-refractivity contribution is 7.57. The molecular formula is C14H21N4O5P. The van der Waals surface area contributed by atoms with Gasteiger partial charge in [-0.05, 0) is 19.8 Å². The quantitative estimate of drug-likeness (QED) is 0.752. The Morgan fingerprint density at radius 2 is 2.29 bits per heavy atom. The molecule has 1 fully saturated rings. The Kier molecular flexibility index (Phi) is 5.15. The van der Waals surface area contributed by atoms with E-state index in [0.29, 0.717) is 24.4 Å². The molecule has 0 amide bonds. The van der Waals surface area contributed by atoms with Crippen LogP contribution in [0, 0.1) is 0 Å². The first-order chi connectivity index (χ1) is 11.5. The number of hydrogen-bond acceptors (Lipinski definition) is 7. The third-order valence-corrected chi connectivity index (χ3v) is 5.25. The van der Waals surface area contributed by atoms with E-state index in [4.69, 9.17) is 14.0 Å². The summed E-state index contributed by atoms with van der Waals surface area (Å²) < 4.78 is 30.3. The molecule has 3 unspecified atom stereocenters. The van der Waals surface area contributed by atoms with Crippen LogP contribution in [0.15, 0.2) is 17.4 Å². The first-order valence-corrected chi connectivity index (χ1v) is 10.1. The number of nitrogens with zero attached hydrogens (tertiary/aromatic N) is 3. The van der Waals surface area contributed by atoms with E-state index in [2.05, 4.69) is 15.0 Å². The smallest absolute Gasteiger partial charge is 0.278 e. The van der Waals surface area contributed by atoms with Crippen LogP contribution in [0.25, 0.3) is 11.2 Å². The first-order valence-electron chi connectivity index (χ1n) is 7.84. The minimum Gasteiger partial charge on any atom is -0.369 e. The summed E-state index contributed by atoms with van der Waals surface area (Å²) in [4.78, 5) is 22.4. The van der Waals surface area contributed by atoms with Crippen LogP contribution in [0.4, 0.5) is 0 Å². The van der Waals surface area contributed by atoms with E-state index in [0.717, 1.165) is 12.8 Å². The second-order valence-electron chi connectivity index (χ2n) is 5.78. The van der Waals surface area contributed by atoms with Crippen molar-refractivity contribution in [3.05, 3.63) is 23.0 Å². The van der Waals surface area contributed by atoms with Gasteiger partial charge in [0.25, 0.3) is 5.56 Å². The van der Waals surface area contributed by atoms with E-state index in [-0.39, 0.29) is 24.2 Å². The van der Waals surface area contributed by atoms with Gasteiger partial charge < -0.3 is 19.0 Å². The molecule has 1 saturated heterocycles. The number of rotatable bonds is 7. The van der Waals surface area contributed by atoms with E-state index < -0.39 is 7.37 Å². The summed E-state index contributed by atoms with van der Waals surface area (Å²) in [7, 11) is -2.69. The molecule has 1 aliphatic rings. The Balaban J connectivity index is 1.58. The van der Waals surface area contributed by atoms with Gasteiger partial charge in [-0.25, -0.2) is 9.97 Å². The third kappa shape index (κ3) is 3.75. The van der Waals surface area contributed by atoms with Crippen LogP contribution in [0.1, 0.15) is 26.0 Å². The fraction of sp³-hybridized carbons (Fsp3) is 0.643. The van der Waals surface area contributed by atoms with Gasteiger partial charge in [0.2, 0.25) is 7.37 Å². The molecule has 3 atom stereocenters. The average molecular weight is 356 g/mol. The molecule has 2 aromatic heterocycles. The summed E-state index contributed by atoms with van der Waals surface area (Å²) >= 11 is 0. The zero-order chi connectivity index (χ0) is 17.2. The molecule has 1 N–H and O–H groups in total. The number of nitrogens with one attached hydrogen (secondary N) is 1. The fourth-order valence-electron chi connectivity index (χ4n) is 2.75. The second kappa shape index (κ2) is 7.14. The second-order valence-corrected chi connectivity index (χ2v) is 8.32. The lowest BCUT2D eigenvalue weighted by Gasteiger charge is -2.17. The van der Waals surface area contributed by atoms with Crippen LogP contribution < -0.4 is 5.56 Å². The molecule has 0 aromatic carbocycles.